The fourth-order valence-electron chi connectivity index (χ4n) is 3.52. The molecule has 0 bridgehead atoms. The summed E-state index contributed by atoms with van der Waals surface area (Å²) in [5.41, 5.74) is 4.14. The molecule has 0 fully saturated rings. The first-order valence-corrected chi connectivity index (χ1v) is 10.9. The van der Waals surface area contributed by atoms with Gasteiger partial charge in [-0.3, -0.25) is 0 Å². The maximum Gasteiger partial charge on any atom is 0.164 e. The van der Waals surface area contributed by atoms with E-state index in [2.05, 4.69) is 26.3 Å². The fraction of sp³-hybridized carbons (Fsp3) is 0.261. The second-order valence-electron chi connectivity index (χ2n) is 7.41. The predicted octanol–water partition coefficient (Wildman–Crippen LogP) is 5.16. The lowest BCUT2D eigenvalue weighted by molar-refractivity contribution is 0.198. The van der Waals surface area contributed by atoms with Crippen LogP contribution < -0.4 is 5.32 Å². The van der Waals surface area contributed by atoms with Crippen molar-refractivity contribution >= 4 is 32.8 Å². The van der Waals surface area contributed by atoms with Gasteiger partial charge in [-0.05, 0) is 48.7 Å². The summed E-state index contributed by atoms with van der Waals surface area (Å²) in [6, 6.07) is 12.1. The Morgan fingerprint density at radius 3 is 2.58 bits per heavy atom. The number of anilines is 1. The molecule has 6 nitrogen and oxygen atoms in total. The van der Waals surface area contributed by atoms with E-state index in [0.717, 1.165) is 44.3 Å². The van der Waals surface area contributed by atoms with Gasteiger partial charge in [0.25, 0.3) is 0 Å². The summed E-state index contributed by atoms with van der Waals surface area (Å²) in [6.45, 7) is 4.25. The molecule has 2 aromatic heterocycles. The molecule has 2 N–H and O–H groups in total. The molecule has 31 heavy (non-hydrogen) atoms. The maximum atomic E-state index is 13.2. The third-order valence-electron chi connectivity index (χ3n) is 5.17. The van der Waals surface area contributed by atoms with Crippen molar-refractivity contribution in [2.24, 2.45) is 7.05 Å². The van der Waals surface area contributed by atoms with Crippen LogP contribution in [0.25, 0.3) is 22.4 Å². The summed E-state index contributed by atoms with van der Waals surface area (Å²) in [5, 5.41) is 19.0. The van der Waals surface area contributed by atoms with Gasteiger partial charge in [0.2, 0.25) is 0 Å². The Hall–Kier alpha value is -2.84. The summed E-state index contributed by atoms with van der Waals surface area (Å²) in [7, 11) is 1.87. The number of fused-ring (bicyclic) bond motifs is 1. The van der Waals surface area contributed by atoms with E-state index in [1.165, 1.54) is 12.1 Å². The lowest BCUT2D eigenvalue weighted by atomic mass is 10.1. The zero-order chi connectivity index (χ0) is 22.1. The predicted molar refractivity (Wildman–Crippen MR) is 123 cm³/mol. The molecule has 1 atom stereocenters. The third kappa shape index (κ3) is 4.31. The van der Waals surface area contributed by atoms with Gasteiger partial charge < -0.3 is 10.4 Å². The third-order valence-corrected chi connectivity index (χ3v) is 5.89. The highest BCUT2D eigenvalue weighted by molar-refractivity contribution is 9.10. The fourth-order valence-corrected chi connectivity index (χ4v) is 4.10. The van der Waals surface area contributed by atoms with E-state index < -0.39 is 6.10 Å². The molecular weight excluding hydrogens is 461 g/mol. The van der Waals surface area contributed by atoms with Gasteiger partial charge in [0.1, 0.15) is 11.6 Å². The molecular formula is C23H23BrFN5O. The number of aryl methyl sites for hydroxylation is 2. The van der Waals surface area contributed by atoms with E-state index in [4.69, 9.17) is 9.97 Å². The minimum Gasteiger partial charge on any atom is -0.389 e. The molecule has 0 saturated heterocycles. The standard InChI is InChI=1S/C23H23BrFN5O/c1-4-19-20-22(26-12-14-5-8-16(25)9-6-14)27-21(28-23(20)30(3)29-19)15-7-10-18(24)17(11-15)13(2)31/h5-11,13,31H,4,12H2,1-3H3,(H,26,27,28). The number of nitrogens with zero attached hydrogens (tertiary/aromatic N) is 4. The van der Waals surface area contributed by atoms with E-state index >= 15 is 0 Å². The van der Waals surface area contributed by atoms with Gasteiger partial charge in [0.05, 0.1) is 17.2 Å². The Balaban J connectivity index is 1.81. The molecule has 160 valence electrons. The van der Waals surface area contributed by atoms with E-state index in [9.17, 15) is 9.50 Å². The van der Waals surface area contributed by atoms with Crippen LogP contribution in [0.15, 0.2) is 46.9 Å². The van der Waals surface area contributed by atoms with Crippen molar-refractivity contribution in [2.45, 2.75) is 32.9 Å². The van der Waals surface area contributed by atoms with Gasteiger partial charge in [0, 0.05) is 23.6 Å². The quantitative estimate of drug-likeness (QED) is 0.396. The first kappa shape index (κ1) is 21.4. The van der Waals surface area contributed by atoms with E-state index in [1.807, 2.05) is 32.2 Å². The number of aliphatic hydroxyl groups is 1. The highest BCUT2D eigenvalue weighted by Crippen LogP contribution is 2.31. The number of hydrogen-bond acceptors (Lipinski definition) is 5. The van der Waals surface area contributed by atoms with Crippen LogP contribution in [-0.2, 0) is 20.0 Å². The highest BCUT2D eigenvalue weighted by Gasteiger charge is 2.18. The number of nitrogens with one attached hydrogen (secondary N) is 1. The van der Waals surface area contributed by atoms with Gasteiger partial charge in [-0.25, -0.2) is 19.0 Å². The topological polar surface area (TPSA) is 75.9 Å². The second-order valence-corrected chi connectivity index (χ2v) is 8.26. The van der Waals surface area contributed by atoms with Crippen molar-refractivity contribution in [3.05, 3.63) is 69.6 Å². The minimum absolute atomic E-state index is 0.264. The lowest BCUT2D eigenvalue weighted by Crippen LogP contribution is -2.05. The summed E-state index contributed by atoms with van der Waals surface area (Å²) >= 11 is 3.48. The number of aliphatic hydroxyl groups excluding tert-OH is 1. The Labute approximate surface area is 188 Å². The SMILES string of the molecule is CCc1nn(C)c2nc(-c3ccc(Br)c(C(C)O)c3)nc(NCc3ccc(F)cc3)c12. The Morgan fingerprint density at radius 2 is 1.90 bits per heavy atom. The molecule has 4 aromatic rings. The molecule has 0 spiro atoms. The molecule has 0 aliphatic carbocycles. The maximum absolute atomic E-state index is 13.2. The Morgan fingerprint density at radius 1 is 1.16 bits per heavy atom. The molecule has 8 heteroatoms. The minimum atomic E-state index is -0.627. The molecule has 0 saturated carbocycles. The average Bonchev–Trinajstić information content (AvgIpc) is 3.09. The molecule has 0 amide bonds. The Kier molecular flexibility index (Phi) is 6.02. The number of aromatic nitrogens is 4. The lowest BCUT2D eigenvalue weighted by Gasteiger charge is -2.12. The van der Waals surface area contributed by atoms with Crippen molar-refractivity contribution in [1.82, 2.24) is 19.7 Å². The summed E-state index contributed by atoms with van der Waals surface area (Å²) in [4.78, 5) is 9.58. The smallest absolute Gasteiger partial charge is 0.164 e. The van der Waals surface area contributed by atoms with Gasteiger partial charge in [-0.1, -0.05) is 41.1 Å². The van der Waals surface area contributed by atoms with Crippen molar-refractivity contribution in [1.29, 1.82) is 0 Å². The van der Waals surface area contributed by atoms with E-state index in [1.54, 1.807) is 23.7 Å². The van der Waals surface area contributed by atoms with Crippen LogP contribution in [0, 0.1) is 5.82 Å². The van der Waals surface area contributed by atoms with Crippen LogP contribution in [0.2, 0.25) is 0 Å². The van der Waals surface area contributed by atoms with Gasteiger partial charge in [0.15, 0.2) is 11.5 Å². The van der Waals surface area contributed by atoms with Crippen LogP contribution >= 0.6 is 15.9 Å². The van der Waals surface area contributed by atoms with Crippen LogP contribution in [0.4, 0.5) is 10.2 Å². The number of rotatable bonds is 6. The van der Waals surface area contributed by atoms with Crippen LogP contribution in [0.1, 0.15) is 36.8 Å². The molecule has 2 heterocycles. The second kappa shape index (κ2) is 8.72. The van der Waals surface area contributed by atoms with Crippen molar-refractivity contribution < 1.29 is 9.50 Å². The first-order valence-electron chi connectivity index (χ1n) is 10.1. The molecule has 1 unspecified atom stereocenters. The average molecular weight is 484 g/mol. The normalized spacial score (nSPS) is 12.3. The van der Waals surface area contributed by atoms with Crippen molar-refractivity contribution in [3.8, 4) is 11.4 Å². The van der Waals surface area contributed by atoms with Crippen LogP contribution in [0.3, 0.4) is 0 Å². The molecule has 0 aliphatic heterocycles. The summed E-state index contributed by atoms with van der Waals surface area (Å²) in [6.07, 6.45) is 0.118. The van der Waals surface area contributed by atoms with Crippen molar-refractivity contribution in [3.63, 3.8) is 0 Å². The monoisotopic (exact) mass is 483 g/mol. The molecule has 0 aliphatic rings. The van der Waals surface area contributed by atoms with Gasteiger partial charge >= 0.3 is 0 Å². The van der Waals surface area contributed by atoms with Gasteiger partial charge in [-0.15, -0.1) is 0 Å². The van der Waals surface area contributed by atoms with Crippen molar-refractivity contribution in [2.75, 3.05) is 5.32 Å². The first-order chi connectivity index (χ1) is 14.9. The Bertz CT molecular complexity index is 1240. The number of hydrogen-bond donors (Lipinski definition) is 2. The molecule has 2 aromatic carbocycles. The highest BCUT2D eigenvalue weighted by atomic mass is 79.9. The number of benzene rings is 2. The summed E-state index contributed by atoms with van der Waals surface area (Å²) in [5.74, 6) is 0.949. The van der Waals surface area contributed by atoms with E-state index in [0.29, 0.717) is 18.2 Å². The zero-order valence-corrected chi connectivity index (χ0v) is 19.1. The van der Waals surface area contributed by atoms with Crippen LogP contribution in [0.5, 0.6) is 0 Å². The van der Waals surface area contributed by atoms with Crippen LogP contribution in [-0.4, -0.2) is 24.9 Å². The van der Waals surface area contributed by atoms with Gasteiger partial charge in [-0.2, -0.15) is 5.10 Å². The number of halogens is 2. The summed E-state index contributed by atoms with van der Waals surface area (Å²) < 4.78 is 15.8. The van der Waals surface area contributed by atoms with E-state index in [-0.39, 0.29) is 5.82 Å². The zero-order valence-electron chi connectivity index (χ0n) is 17.5. The molecule has 0 radical (unpaired) electrons. The molecule has 4 rings (SSSR count). The largest absolute Gasteiger partial charge is 0.389 e.